The van der Waals surface area contributed by atoms with Crippen LogP contribution < -0.4 is 5.32 Å². The predicted molar refractivity (Wildman–Crippen MR) is 54.6 cm³/mol. The Hall–Kier alpha value is -0.860. The fourth-order valence-electron chi connectivity index (χ4n) is 2.59. The highest BCUT2D eigenvalue weighted by molar-refractivity contribution is 5.99. The van der Waals surface area contributed by atoms with E-state index in [0.717, 1.165) is 19.3 Å². The molecule has 0 aromatic carbocycles. The van der Waals surface area contributed by atoms with Gasteiger partial charge in [-0.3, -0.25) is 14.9 Å². The summed E-state index contributed by atoms with van der Waals surface area (Å²) in [5, 5.41) is 2.42. The number of nitrogens with one attached hydrogen (secondary N) is 1. The molecule has 0 bridgehead atoms. The Morgan fingerprint density at radius 2 is 2.07 bits per heavy atom. The summed E-state index contributed by atoms with van der Waals surface area (Å²) in [6.07, 6.45) is 3.28. The van der Waals surface area contributed by atoms with Gasteiger partial charge < -0.3 is 0 Å². The minimum Gasteiger partial charge on any atom is -0.296 e. The third-order valence-corrected chi connectivity index (χ3v) is 3.21. The largest absolute Gasteiger partial charge is 0.296 e. The first-order valence-electron chi connectivity index (χ1n) is 5.37. The van der Waals surface area contributed by atoms with E-state index in [4.69, 9.17) is 0 Å². The lowest BCUT2D eigenvalue weighted by Gasteiger charge is -2.39. The van der Waals surface area contributed by atoms with Crippen LogP contribution in [0.15, 0.2) is 0 Å². The van der Waals surface area contributed by atoms with E-state index in [1.54, 1.807) is 0 Å². The summed E-state index contributed by atoms with van der Waals surface area (Å²) >= 11 is 0. The molecular weight excluding hydrogens is 178 g/mol. The topological polar surface area (TPSA) is 46.2 Å². The van der Waals surface area contributed by atoms with Crippen LogP contribution in [0, 0.1) is 11.3 Å². The van der Waals surface area contributed by atoms with Crippen LogP contribution in [0.2, 0.25) is 0 Å². The zero-order valence-corrected chi connectivity index (χ0v) is 9.22. The molecule has 0 aliphatic carbocycles. The third kappa shape index (κ3) is 1.97. The molecule has 0 spiro atoms. The summed E-state index contributed by atoms with van der Waals surface area (Å²) < 4.78 is 0. The van der Waals surface area contributed by atoms with Crippen LogP contribution in [-0.4, -0.2) is 11.8 Å². The van der Waals surface area contributed by atoms with Gasteiger partial charge in [0.05, 0.1) is 0 Å². The zero-order chi connectivity index (χ0) is 10.8. The normalized spacial score (nSPS) is 32.9. The van der Waals surface area contributed by atoms with Crippen LogP contribution in [-0.2, 0) is 9.59 Å². The molecule has 80 valence electrons. The number of hydrogen-bond acceptors (Lipinski definition) is 2. The van der Waals surface area contributed by atoms with E-state index in [1.807, 2.05) is 6.92 Å². The summed E-state index contributed by atoms with van der Waals surface area (Å²) in [7, 11) is 0. The van der Waals surface area contributed by atoms with E-state index in [-0.39, 0.29) is 23.1 Å². The highest BCUT2D eigenvalue weighted by Crippen LogP contribution is 2.40. The highest BCUT2D eigenvalue weighted by Gasteiger charge is 2.43. The Kier molecular flexibility index (Phi) is 3.29. The Morgan fingerprint density at radius 3 is 2.57 bits per heavy atom. The lowest BCUT2D eigenvalue weighted by atomic mass is 9.68. The van der Waals surface area contributed by atoms with Gasteiger partial charge in [0.1, 0.15) is 0 Å². The monoisotopic (exact) mass is 197 g/mol. The summed E-state index contributed by atoms with van der Waals surface area (Å²) in [5.74, 6) is -0.199. The smallest absolute Gasteiger partial charge is 0.230 e. The maximum Gasteiger partial charge on any atom is 0.230 e. The van der Waals surface area contributed by atoms with Crippen LogP contribution in [0.1, 0.15) is 46.5 Å². The van der Waals surface area contributed by atoms with Crippen molar-refractivity contribution in [3.05, 3.63) is 0 Å². The Morgan fingerprint density at radius 1 is 1.43 bits per heavy atom. The number of rotatable bonds is 3. The summed E-state index contributed by atoms with van der Waals surface area (Å²) in [4.78, 5) is 22.9. The van der Waals surface area contributed by atoms with Crippen LogP contribution in [0.25, 0.3) is 0 Å². The molecule has 1 saturated heterocycles. The molecule has 14 heavy (non-hydrogen) atoms. The van der Waals surface area contributed by atoms with Gasteiger partial charge in [0.15, 0.2) is 0 Å². The number of imide groups is 1. The van der Waals surface area contributed by atoms with Gasteiger partial charge in [-0.25, -0.2) is 0 Å². The quantitative estimate of drug-likeness (QED) is 0.702. The first kappa shape index (κ1) is 11.2. The summed E-state index contributed by atoms with van der Waals surface area (Å²) in [6.45, 7) is 6.16. The first-order chi connectivity index (χ1) is 6.53. The van der Waals surface area contributed by atoms with Crippen LogP contribution in [0.5, 0.6) is 0 Å². The van der Waals surface area contributed by atoms with Gasteiger partial charge in [-0.15, -0.1) is 0 Å². The molecule has 2 unspecified atom stereocenters. The lowest BCUT2D eigenvalue weighted by Crippen LogP contribution is -2.50. The summed E-state index contributed by atoms with van der Waals surface area (Å²) in [5.41, 5.74) is -0.122. The highest BCUT2D eigenvalue weighted by atomic mass is 16.2. The Bertz CT molecular complexity index is 250. The van der Waals surface area contributed by atoms with Crippen molar-refractivity contribution in [3.8, 4) is 0 Å². The molecule has 0 saturated carbocycles. The van der Waals surface area contributed by atoms with Crippen molar-refractivity contribution in [1.82, 2.24) is 5.32 Å². The van der Waals surface area contributed by atoms with E-state index in [2.05, 4.69) is 19.2 Å². The third-order valence-electron chi connectivity index (χ3n) is 3.21. The van der Waals surface area contributed by atoms with Crippen LogP contribution in [0.3, 0.4) is 0 Å². The first-order valence-corrected chi connectivity index (χ1v) is 5.37. The minimum atomic E-state index is -0.122. The molecule has 1 heterocycles. The van der Waals surface area contributed by atoms with Crippen molar-refractivity contribution in [1.29, 1.82) is 0 Å². The SMILES string of the molecule is CCCC1(C)CC(=O)NC(=O)C1CC. The molecule has 0 radical (unpaired) electrons. The van der Waals surface area contributed by atoms with E-state index >= 15 is 0 Å². The maximum absolute atomic E-state index is 11.6. The van der Waals surface area contributed by atoms with Gasteiger partial charge in [0.25, 0.3) is 0 Å². The second-order valence-electron chi connectivity index (χ2n) is 4.45. The molecule has 1 aliphatic rings. The van der Waals surface area contributed by atoms with Gasteiger partial charge in [-0.1, -0.05) is 27.2 Å². The van der Waals surface area contributed by atoms with Crippen molar-refractivity contribution in [3.63, 3.8) is 0 Å². The van der Waals surface area contributed by atoms with Crippen molar-refractivity contribution < 1.29 is 9.59 Å². The molecular formula is C11H19NO2. The maximum atomic E-state index is 11.6. The minimum absolute atomic E-state index is 0.000139. The lowest BCUT2D eigenvalue weighted by molar-refractivity contribution is -0.143. The zero-order valence-electron chi connectivity index (χ0n) is 9.22. The van der Waals surface area contributed by atoms with Gasteiger partial charge in [-0.2, -0.15) is 0 Å². The molecule has 1 rings (SSSR count). The molecule has 0 aromatic rings. The van der Waals surface area contributed by atoms with Gasteiger partial charge in [0, 0.05) is 12.3 Å². The predicted octanol–water partition coefficient (Wildman–Crippen LogP) is 1.87. The average molecular weight is 197 g/mol. The van der Waals surface area contributed by atoms with Crippen molar-refractivity contribution in [2.24, 2.45) is 11.3 Å². The fraction of sp³-hybridized carbons (Fsp3) is 0.818. The van der Waals surface area contributed by atoms with E-state index in [0.29, 0.717) is 6.42 Å². The Balaban J connectivity index is 2.87. The van der Waals surface area contributed by atoms with Crippen molar-refractivity contribution >= 4 is 11.8 Å². The van der Waals surface area contributed by atoms with Crippen LogP contribution >= 0.6 is 0 Å². The standard InChI is InChI=1S/C11H19NO2/c1-4-6-11(3)7-9(13)12-10(14)8(11)5-2/h8H,4-7H2,1-3H3,(H,12,13,14). The number of carbonyl (C=O) groups excluding carboxylic acids is 2. The van der Waals surface area contributed by atoms with Gasteiger partial charge in [0.2, 0.25) is 11.8 Å². The molecule has 3 heteroatoms. The number of piperidine rings is 1. The molecule has 1 aliphatic heterocycles. The number of amides is 2. The second-order valence-corrected chi connectivity index (χ2v) is 4.45. The van der Waals surface area contributed by atoms with E-state index in [1.165, 1.54) is 0 Å². The van der Waals surface area contributed by atoms with E-state index < -0.39 is 0 Å². The Labute approximate surface area is 85.3 Å². The van der Waals surface area contributed by atoms with Gasteiger partial charge >= 0.3 is 0 Å². The molecule has 3 nitrogen and oxygen atoms in total. The molecule has 2 amide bonds. The number of carbonyl (C=O) groups is 2. The van der Waals surface area contributed by atoms with Gasteiger partial charge in [-0.05, 0) is 18.3 Å². The van der Waals surface area contributed by atoms with E-state index in [9.17, 15) is 9.59 Å². The molecule has 1 N–H and O–H groups in total. The summed E-state index contributed by atoms with van der Waals surface area (Å²) in [6, 6.07) is 0. The fourth-order valence-corrected chi connectivity index (χ4v) is 2.59. The molecule has 1 fully saturated rings. The van der Waals surface area contributed by atoms with Crippen molar-refractivity contribution in [2.45, 2.75) is 46.5 Å². The second kappa shape index (κ2) is 4.11. The molecule has 2 atom stereocenters. The van der Waals surface area contributed by atoms with Crippen molar-refractivity contribution in [2.75, 3.05) is 0 Å². The molecule has 0 aromatic heterocycles. The number of hydrogen-bond donors (Lipinski definition) is 1. The van der Waals surface area contributed by atoms with Crippen LogP contribution in [0.4, 0.5) is 0 Å². The average Bonchev–Trinajstić information content (AvgIpc) is 2.02.